The van der Waals surface area contributed by atoms with Gasteiger partial charge in [-0.3, -0.25) is 4.79 Å². The Labute approximate surface area is 117 Å². The second-order valence-electron chi connectivity index (χ2n) is 3.95. The van der Waals surface area contributed by atoms with Gasteiger partial charge in [-0.05, 0) is 24.3 Å². The highest BCUT2D eigenvalue weighted by atomic mass is 19.4. The van der Waals surface area contributed by atoms with Gasteiger partial charge >= 0.3 is 24.2 Å². The first-order chi connectivity index (χ1) is 10.1. The van der Waals surface area contributed by atoms with Gasteiger partial charge in [0.15, 0.2) is 0 Å². The first kappa shape index (κ1) is 15.8. The van der Waals surface area contributed by atoms with Gasteiger partial charge in [0.25, 0.3) is 0 Å². The molecule has 1 N–H and O–H groups in total. The molecule has 0 aliphatic heterocycles. The van der Waals surface area contributed by atoms with E-state index in [9.17, 15) is 31.1 Å². The third kappa shape index (κ3) is 3.54. The number of benzene rings is 1. The van der Waals surface area contributed by atoms with Crippen molar-refractivity contribution in [3.8, 4) is 11.4 Å². The monoisotopic (exact) mass is 325 g/mol. The summed E-state index contributed by atoms with van der Waals surface area (Å²) in [6.45, 7) is 0. The number of nitrogens with one attached hydrogen (secondary N) is 1. The molecule has 5 nitrogen and oxygen atoms in total. The van der Waals surface area contributed by atoms with Crippen molar-refractivity contribution in [1.29, 1.82) is 0 Å². The molecule has 22 heavy (non-hydrogen) atoms. The lowest BCUT2D eigenvalue weighted by Crippen LogP contribution is -2.29. The third-order valence-corrected chi connectivity index (χ3v) is 2.33. The normalized spacial score (nSPS) is 12.3. The average molecular weight is 325 g/mol. The van der Waals surface area contributed by atoms with E-state index in [2.05, 4.69) is 14.7 Å². The molecule has 1 aromatic heterocycles. The van der Waals surface area contributed by atoms with Crippen LogP contribution in [0, 0.1) is 0 Å². The van der Waals surface area contributed by atoms with Gasteiger partial charge in [0, 0.05) is 11.3 Å². The van der Waals surface area contributed by atoms with Gasteiger partial charge in [-0.25, -0.2) is 0 Å². The van der Waals surface area contributed by atoms with Crippen LogP contribution >= 0.6 is 0 Å². The van der Waals surface area contributed by atoms with Crippen molar-refractivity contribution in [2.75, 3.05) is 5.32 Å². The maximum atomic E-state index is 12.3. The highest BCUT2D eigenvalue weighted by molar-refractivity contribution is 5.95. The Morgan fingerprint density at radius 3 is 2.09 bits per heavy atom. The number of aromatic nitrogens is 2. The lowest BCUT2D eigenvalue weighted by molar-refractivity contribution is -0.167. The highest BCUT2D eigenvalue weighted by Gasteiger charge is 2.39. The molecule has 0 fully saturated rings. The Hall–Kier alpha value is -2.59. The minimum atomic E-state index is -5.05. The van der Waals surface area contributed by atoms with Crippen molar-refractivity contribution in [3.63, 3.8) is 0 Å². The largest absolute Gasteiger partial charge is 0.471 e. The molecule has 1 aromatic carbocycles. The molecular weight excluding hydrogens is 320 g/mol. The number of amides is 1. The number of halogens is 6. The Bertz CT molecular complexity index is 674. The summed E-state index contributed by atoms with van der Waals surface area (Å²) in [6, 6.07) is 4.39. The molecule has 0 unspecified atom stereocenters. The van der Waals surface area contributed by atoms with Crippen LogP contribution in [0.5, 0.6) is 0 Å². The fraction of sp³-hybridized carbons (Fsp3) is 0.182. The van der Waals surface area contributed by atoms with E-state index in [1.165, 1.54) is 0 Å². The molecule has 0 spiro atoms. The van der Waals surface area contributed by atoms with Crippen LogP contribution in [0.15, 0.2) is 28.8 Å². The highest BCUT2D eigenvalue weighted by Crippen LogP contribution is 2.29. The van der Waals surface area contributed by atoms with Gasteiger partial charge in [-0.1, -0.05) is 5.16 Å². The van der Waals surface area contributed by atoms with E-state index in [0.717, 1.165) is 24.3 Å². The number of hydrogen-bond donors (Lipinski definition) is 1. The van der Waals surface area contributed by atoms with Gasteiger partial charge in [0.2, 0.25) is 5.82 Å². The number of hydrogen-bond acceptors (Lipinski definition) is 4. The summed E-state index contributed by atoms with van der Waals surface area (Å²) in [5, 5.41) is 4.69. The lowest BCUT2D eigenvalue weighted by Gasteiger charge is -2.07. The van der Waals surface area contributed by atoms with Crippen molar-refractivity contribution in [2.24, 2.45) is 0 Å². The van der Waals surface area contributed by atoms with E-state index >= 15 is 0 Å². The molecule has 0 saturated heterocycles. The maximum Gasteiger partial charge on any atom is 0.471 e. The van der Waals surface area contributed by atoms with Crippen LogP contribution < -0.4 is 5.32 Å². The molecule has 118 valence electrons. The molecule has 0 aliphatic rings. The van der Waals surface area contributed by atoms with E-state index in [4.69, 9.17) is 0 Å². The van der Waals surface area contributed by atoms with Gasteiger partial charge < -0.3 is 9.84 Å². The number of nitrogens with zero attached hydrogens (tertiary/aromatic N) is 2. The molecule has 0 aliphatic carbocycles. The van der Waals surface area contributed by atoms with Crippen molar-refractivity contribution in [3.05, 3.63) is 30.2 Å². The van der Waals surface area contributed by atoms with Gasteiger partial charge in [0.1, 0.15) is 0 Å². The molecule has 11 heteroatoms. The molecule has 0 bridgehead atoms. The minimum Gasteiger partial charge on any atom is -0.329 e. The van der Waals surface area contributed by atoms with E-state index in [0.29, 0.717) is 0 Å². The van der Waals surface area contributed by atoms with Crippen molar-refractivity contribution in [2.45, 2.75) is 12.4 Å². The van der Waals surface area contributed by atoms with E-state index in [-0.39, 0.29) is 17.1 Å². The number of anilines is 1. The average Bonchev–Trinajstić information content (AvgIpc) is 2.88. The first-order valence-corrected chi connectivity index (χ1v) is 5.47. The van der Waals surface area contributed by atoms with Crippen molar-refractivity contribution >= 4 is 11.6 Å². The summed E-state index contributed by atoms with van der Waals surface area (Å²) in [4.78, 5) is 13.8. The predicted molar refractivity (Wildman–Crippen MR) is 59.4 cm³/mol. The zero-order valence-electron chi connectivity index (χ0n) is 10.3. The van der Waals surface area contributed by atoms with E-state index in [1.54, 1.807) is 5.32 Å². The summed E-state index contributed by atoms with van der Waals surface area (Å²) in [6.07, 6.45) is -9.85. The fourth-order valence-corrected chi connectivity index (χ4v) is 1.36. The first-order valence-electron chi connectivity index (χ1n) is 5.47. The van der Waals surface area contributed by atoms with E-state index in [1.807, 2.05) is 0 Å². The Balaban J connectivity index is 2.16. The standard InChI is InChI=1S/C11H5F6N3O2/c12-10(13,14)8(21)18-6-3-1-5(2-4-6)7-19-9(22-20-7)11(15,16)17/h1-4H,(H,18,21). The summed E-state index contributed by atoms with van der Waals surface area (Å²) in [5.74, 6) is -4.10. The van der Waals surface area contributed by atoms with Gasteiger partial charge in [0.05, 0.1) is 0 Å². The molecule has 2 aromatic rings. The van der Waals surface area contributed by atoms with Crippen LogP contribution in [0.3, 0.4) is 0 Å². The quantitative estimate of drug-likeness (QED) is 0.861. The summed E-state index contributed by atoms with van der Waals surface area (Å²) in [7, 11) is 0. The maximum absolute atomic E-state index is 12.3. The summed E-state index contributed by atoms with van der Waals surface area (Å²) in [5.41, 5.74) is -0.116. The third-order valence-electron chi connectivity index (χ3n) is 2.33. The molecule has 1 heterocycles. The molecule has 0 saturated carbocycles. The number of alkyl halides is 6. The zero-order chi connectivity index (χ0) is 16.5. The van der Waals surface area contributed by atoms with E-state index < -0.39 is 24.2 Å². The Morgan fingerprint density at radius 2 is 1.64 bits per heavy atom. The Kier molecular flexibility index (Phi) is 3.81. The van der Waals surface area contributed by atoms with Crippen LogP contribution in [0.1, 0.15) is 5.89 Å². The van der Waals surface area contributed by atoms with Gasteiger partial charge in [-0.2, -0.15) is 31.3 Å². The molecule has 0 atom stereocenters. The van der Waals surface area contributed by atoms with Crippen LogP contribution in [0.25, 0.3) is 11.4 Å². The Morgan fingerprint density at radius 1 is 1.05 bits per heavy atom. The number of carbonyl (C=O) groups is 1. The minimum absolute atomic E-state index is 0.0734. The second kappa shape index (κ2) is 5.31. The summed E-state index contributed by atoms with van der Waals surface area (Å²) < 4.78 is 77.0. The SMILES string of the molecule is O=C(Nc1ccc(-c2noc(C(F)(F)F)n2)cc1)C(F)(F)F. The van der Waals surface area contributed by atoms with Crippen LogP contribution in [0.2, 0.25) is 0 Å². The number of carbonyl (C=O) groups excluding carboxylic acids is 1. The molecule has 1 amide bonds. The fourth-order valence-electron chi connectivity index (χ4n) is 1.36. The second-order valence-corrected chi connectivity index (χ2v) is 3.95. The lowest BCUT2D eigenvalue weighted by atomic mass is 10.2. The van der Waals surface area contributed by atoms with Crippen LogP contribution in [-0.4, -0.2) is 22.2 Å². The molecule has 2 rings (SSSR count). The summed E-state index contributed by atoms with van der Waals surface area (Å²) >= 11 is 0. The van der Waals surface area contributed by atoms with Crippen molar-refractivity contribution in [1.82, 2.24) is 10.1 Å². The van der Waals surface area contributed by atoms with Gasteiger partial charge in [-0.15, -0.1) is 0 Å². The molecular formula is C11H5F6N3O2. The smallest absolute Gasteiger partial charge is 0.329 e. The van der Waals surface area contributed by atoms with Crippen LogP contribution in [0.4, 0.5) is 32.0 Å². The van der Waals surface area contributed by atoms with Crippen LogP contribution in [-0.2, 0) is 11.0 Å². The number of rotatable bonds is 2. The van der Waals surface area contributed by atoms with Crippen molar-refractivity contribution < 1.29 is 35.7 Å². The molecule has 0 radical (unpaired) electrons. The predicted octanol–water partition coefficient (Wildman–Crippen LogP) is 3.26. The topological polar surface area (TPSA) is 68.0 Å². The zero-order valence-corrected chi connectivity index (χ0v) is 10.3.